The fourth-order valence-corrected chi connectivity index (χ4v) is 12.2. The molecule has 74 heavy (non-hydrogen) atoms. The maximum Gasteiger partial charge on any atom is 0.0713 e. The first kappa shape index (κ1) is 43.2. The summed E-state index contributed by atoms with van der Waals surface area (Å²) in [5, 5.41) is 7.28. The molecule has 1 heteroatoms. The Bertz CT molecular complexity index is 4120. The highest BCUT2D eigenvalue weighted by Crippen LogP contribution is 2.58. The van der Waals surface area contributed by atoms with E-state index in [4.69, 9.17) is 0 Å². The number of benzene rings is 13. The van der Waals surface area contributed by atoms with Gasteiger partial charge in [0.15, 0.2) is 0 Å². The Hall–Kier alpha value is -9.56. The van der Waals surface area contributed by atoms with Gasteiger partial charge in [-0.1, -0.05) is 255 Å². The molecule has 0 N–H and O–H groups in total. The van der Waals surface area contributed by atoms with Gasteiger partial charge < -0.3 is 4.90 Å². The first-order chi connectivity index (χ1) is 36.7. The number of hydrogen-bond donors (Lipinski definition) is 0. The molecule has 346 valence electrons. The predicted octanol–water partition coefficient (Wildman–Crippen LogP) is 19.6. The van der Waals surface area contributed by atoms with Crippen LogP contribution in [0.25, 0.3) is 88.0 Å². The first-order valence-corrected chi connectivity index (χ1v) is 25.7. The molecule has 0 aromatic heterocycles. The standard InChI is InChI=1S/C73H49N/c1-5-22-50(23-6-1)54-46-55(51-24-7-2-8-25-51)48-56(47-54)52-40-42-59(43-41-52)74(72-67-37-18-16-34-63(67)62-33-15-17-36-66(62)71(72)65-38-21-27-53-26-13-14-32-61(53)65)60-44-45-70-68(49-60)64-35-19-20-39-69(64)73(70,57-28-9-3-10-29-57)58-30-11-4-12-31-58/h1-49H. The average Bonchev–Trinajstić information content (AvgIpc) is 3.80. The number of anilines is 3. The van der Waals surface area contributed by atoms with Crippen LogP contribution >= 0.6 is 0 Å². The van der Waals surface area contributed by atoms with E-state index < -0.39 is 5.41 Å². The van der Waals surface area contributed by atoms with Crippen LogP contribution in [0.3, 0.4) is 0 Å². The number of nitrogens with zero attached hydrogens (tertiary/aromatic N) is 1. The van der Waals surface area contributed by atoms with E-state index in [0.29, 0.717) is 0 Å². The van der Waals surface area contributed by atoms with E-state index in [9.17, 15) is 0 Å². The Labute approximate surface area is 432 Å². The topological polar surface area (TPSA) is 3.24 Å². The SMILES string of the molecule is c1ccc(-c2cc(-c3ccccc3)cc(-c3ccc(N(c4ccc5c(c4)-c4ccccc4C5(c4ccccc4)c4ccccc4)c4c(-c5cccc6ccccc56)c5ccccc5c5ccccc45)cc3)c2)cc1. The number of hydrogen-bond acceptors (Lipinski definition) is 1. The zero-order valence-corrected chi connectivity index (χ0v) is 40.7. The normalized spacial score (nSPS) is 12.4. The highest BCUT2D eigenvalue weighted by atomic mass is 15.1. The van der Waals surface area contributed by atoms with Gasteiger partial charge in [0.1, 0.15) is 0 Å². The largest absolute Gasteiger partial charge is 0.309 e. The Morgan fingerprint density at radius 2 is 0.676 bits per heavy atom. The van der Waals surface area contributed by atoms with E-state index in [1.54, 1.807) is 0 Å². The summed E-state index contributed by atoms with van der Waals surface area (Å²) in [5.41, 5.74) is 19.8. The van der Waals surface area contributed by atoms with Crippen LogP contribution in [0.15, 0.2) is 297 Å². The van der Waals surface area contributed by atoms with Crippen LogP contribution in [-0.4, -0.2) is 0 Å². The van der Waals surface area contributed by atoms with Crippen molar-refractivity contribution in [2.75, 3.05) is 4.90 Å². The van der Waals surface area contributed by atoms with Gasteiger partial charge in [0.05, 0.1) is 11.1 Å². The Balaban J connectivity index is 1.05. The van der Waals surface area contributed by atoms with E-state index in [0.717, 1.165) is 22.6 Å². The van der Waals surface area contributed by atoms with Crippen LogP contribution in [0.1, 0.15) is 22.3 Å². The fourth-order valence-electron chi connectivity index (χ4n) is 12.2. The third-order valence-electron chi connectivity index (χ3n) is 15.5. The van der Waals surface area contributed by atoms with Gasteiger partial charge in [0.2, 0.25) is 0 Å². The Morgan fingerprint density at radius 1 is 0.243 bits per heavy atom. The van der Waals surface area contributed by atoms with Gasteiger partial charge in [0.25, 0.3) is 0 Å². The zero-order valence-electron chi connectivity index (χ0n) is 40.7. The second-order valence-corrected chi connectivity index (χ2v) is 19.5. The highest BCUT2D eigenvalue weighted by Gasteiger charge is 2.46. The van der Waals surface area contributed by atoms with Gasteiger partial charge in [-0.05, 0) is 142 Å². The maximum atomic E-state index is 2.55. The number of rotatable bonds is 9. The van der Waals surface area contributed by atoms with Crippen molar-refractivity contribution in [3.05, 3.63) is 320 Å². The molecule has 0 radical (unpaired) electrons. The van der Waals surface area contributed by atoms with Crippen LogP contribution in [-0.2, 0) is 5.41 Å². The molecule has 0 heterocycles. The van der Waals surface area contributed by atoms with E-state index in [1.165, 1.54) is 105 Å². The molecule has 1 nitrogen and oxygen atoms in total. The lowest BCUT2D eigenvalue weighted by molar-refractivity contribution is 0.768. The minimum atomic E-state index is -0.518. The smallest absolute Gasteiger partial charge is 0.0713 e. The monoisotopic (exact) mass is 939 g/mol. The molecule has 14 rings (SSSR count). The molecule has 13 aromatic carbocycles. The molecule has 0 saturated heterocycles. The molecule has 0 bridgehead atoms. The van der Waals surface area contributed by atoms with Crippen LogP contribution in [0.4, 0.5) is 17.1 Å². The molecule has 1 aliphatic carbocycles. The number of fused-ring (bicyclic) bond motifs is 7. The van der Waals surface area contributed by atoms with Crippen molar-refractivity contribution in [3.63, 3.8) is 0 Å². The van der Waals surface area contributed by atoms with Gasteiger partial charge >= 0.3 is 0 Å². The minimum absolute atomic E-state index is 0.518. The highest BCUT2D eigenvalue weighted by molar-refractivity contribution is 6.24. The van der Waals surface area contributed by atoms with Crippen molar-refractivity contribution in [2.24, 2.45) is 0 Å². The summed E-state index contributed by atoms with van der Waals surface area (Å²) in [6.45, 7) is 0. The van der Waals surface area contributed by atoms with Crippen molar-refractivity contribution >= 4 is 49.4 Å². The van der Waals surface area contributed by atoms with E-state index in [2.05, 4.69) is 302 Å². The summed E-state index contributed by atoms with van der Waals surface area (Å²) >= 11 is 0. The second-order valence-electron chi connectivity index (χ2n) is 19.5. The lowest BCUT2D eigenvalue weighted by Gasteiger charge is -2.34. The van der Waals surface area contributed by atoms with Gasteiger partial charge in [0, 0.05) is 22.3 Å². The zero-order chi connectivity index (χ0) is 49.0. The summed E-state index contributed by atoms with van der Waals surface area (Å²) < 4.78 is 0. The summed E-state index contributed by atoms with van der Waals surface area (Å²) in [7, 11) is 0. The predicted molar refractivity (Wildman–Crippen MR) is 313 cm³/mol. The summed E-state index contributed by atoms with van der Waals surface area (Å²) in [4.78, 5) is 2.55. The molecule has 0 atom stereocenters. The Morgan fingerprint density at radius 3 is 1.30 bits per heavy atom. The molecular weight excluding hydrogens is 891 g/mol. The molecule has 0 saturated carbocycles. The molecule has 0 spiro atoms. The maximum absolute atomic E-state index is 2.55. The van der Waals surface area contributed by atoms with Crippen molar-refractivity contribution in [1.82, 2.24) is 0 Å². The van der Waals surface area contributed by atoms with E-state index >= 15 is 0 Å². The van der Waals surface area contributed by atoms with Crippen molar-refractivity contribution in [3.8, 4) is 55.6 Å². The summed E-state index contributed by atoms with van der Waals surface area (Å²) in [6, 6.07) is 110. The lowest BCUT2D eigenvalue weighted by Crippen LogP contribution is -2.28. The third-order valence-corrected chi connectivity index (χ3v) is 15.5. The van der Waals surface area contributed by atoms with Gasteiger partial charge in [-0.15, -0.1) is 0 Å². The average molecular weight is 940 g/mol. The summed E-state index contributed by atoms with van der Waals surface area (Å²) in [5.74, 6) is 0. The fraction of sp³-hybridized carbons (Fsp3) is 0.0137. The second kappa shape index (κ2) is 17.9. The van der Waals surface area contributed by atoms with Gasteiger partial charge in [-0.2, -0.15) is 0 Å². The van der Waals surface area contributed by atoms with E-state index in [-0.39, 0.29) is 0 Å². The van der Waals surface area contributed by atoms with E-state index in [1.807, 2.05) is 0 Å². The quantitative estimate of drug-likeness (QED) is 0.130. The third kappa shape index (κ3) is 7.00. The van der Waals surface area contributed by atoms with Crippen LogP contribution in [0.5, 0.6) is 0 Å². The minimum Gasteiger partial charge on any atom is -0.309 e. The molecule has 1 aliphatic rings. The van der Waals surface area contributed by atoms with Crippen molar-refractivity contribution in [1.29, 1.82) is 0 Å². The molecule has 13 aromatic rings. The van der Waals surface area contributed by atoms with Crippen molar-refractivity contribution < 1.29 is 0 Å². The van der Waals surface area contributed by atoms with Crippen molar-refractivity contribution in [2.45, 2.75) is 5.41 Å². The molecule has 0 unspecified atom stereocenters. The molecule has 0 aliphatic heterocycles. The van der Waals surface area contributed by atoms with Crippen LogP contribution in [0.2, 0.25) is 0 Å². The molecular formula is C73H49N. The van der Waals surface area contributed by atoms with Gasteiger partial charge in [-0.25, -0.2) is 0 Å². The Kier molecular flexibility index (Phi) is 10.5. The van der Waals surface area contributed by atoms with Crippen LogP contribution in [0, 0.1) is 0 Å². The summed E-state index contributed by atoms with van der Waals surface area (Å²) in [6.07, 6.45) is 0. The van der Waals surface area contributed by atoms with Crippen LogP contribution < -0.4 is 4.90 Å². The first-order valence-electron chi connectivity index (χ1n) is 25.7. The van der Waals surface area contributed by atoms with Gasteiger partial charge in [-0.3, -0.25) is 0 Å². The lowest BCUT2D eigenvalue weighted by atomic mass is 9.68. The molecule has 0 fully saturated rings. The molecule has 0 amide bonds.